The van der Waals surface area contributed by atoms with Crippen molar-refractivity contribution in [3.63, 3.8) is 0 Å². The Morgan fingerprint density at radius 3 is 1.08 bits per heavy atom. The van der Waals surface area contributed by atoms with E-state index in [1.165, 1.54) is 168 Å². The number of hydrogen-bond donors (Lipinski definition) is 0. The van der Waals surface area contributed by atoms with E-state index in [0.717, 1.165) is 0 Å². The van der Waals surface area contributed by atoms with Crippen LogP contribution in [0.25, 0.3) is 103 Å². The fourth-order valence-electron chi connectivity index (χ4n) is 12.7. The Labute approximate surface area is 446 Å². The molecule has 0 saturated carbocycles. The Hall–Kier alpha value is -7.24. The number of rotatable bonds is 2. The summed E-state index contributed by atoms with van der Waals surface area (Å²) in [6.45, 7) is 4.52. The predicted octanol–water partition coefficient (Wildman–Crippen LogP) is 19.8. The summed E-state index contributed by atoms with van der Waals surface area (Å²) in [5.74, 6) is 0. The van der Waals surface area contributed by atoms with Crippen LogP contribution in [0.15, 0.2) is 226 Å². The zero-order chi connectivity index (χ0) is 48.5. The van der Waals surface area contributed by atoms with Gasteiger partial charge in [0, 0.05) is 0 Å². The summed E-state index contributed by atoms with van der Waals surface area (Å²) in [6, 6.07) is 79.2. The van der Waals surface area contributed by atoms with Crippen LogP contribution in [-0.2, 0) is 0 Å². The first kappa shape index (κ1) is 42.1. The first-order chi connectivity index (χ1) is 36.5. The molecular weight excluding hydrogens is 1070 g/mol. The molecule has 0 aliphatic carbocycles. The molecule has 2 nitrogen and oxygen atoms in total. The monoisotopic (exact) mass is 1110 g/mol. The average molecular weight is 1110 g/mol. The third-order valence-electron chi connectivity index (χ3n) is 15.8. The van der Waals surface area contributed by atoms with Gasteiger partial charge in [0.1, 0.15) is 0 Å². The van der Waals surface area contributed by atoms with E-state index >= 15 is 0 Å². The van der Waals surface area contributed by atoms with Gasteiger partial charge in [0.25, 0.3) is 0 Å². The standard InChI is InChI=1S/C68H40N2S2Se2/c1-37-27-29-45-49(31-37)65(69-53-23-11-13-25-57(53)71-59-33-51-61(35-55(59)69)73-67-47-21-9-5-17-41(47)39-15-3-7-19-43(39)63(51)67)46-30-28-38(2)32-50(46)66(45)70-54-24-12-14-26-58(54)72-60-34-52-62(36-56(60)70)74-68-48-22-10-6-18-42(48)40-16-4-8-20-44(40)64(52)68/h3-36H,1-2H3. The van der Waals surface area contributed by atoms with Crippen LogP contribution < -0.4 is 9.80 Å². The van der Waals surface area contributed by atoms with Gasteiger partial charge >= 0.3 is 450 Å². The Balaban J connectivity index is 0.961. The van der Waals surface area contributed by atoms with Crippen LogP contribution in [0, 0.1) is 13.8 Å². The molecule has 74 heavy (non-hydrogen) atoms. The summed E-state index contributed by atoms with van der Waals surface area (Å²) >= 11 is 4.08. The Bertz CT molecular complexity index is 4710. The Kier molecular flexibility index (Phi) is 8.91. The van der Waals surface area contributed by atoms with Gasteiger partial charge in [-0.25, -0.2) is 0 Å². The third kappa shape index (κ3) is 5.82. The summed E-state index contributed by atoms with van der Waals surface area (Å²) in [5, 5.41) is 21.5. The third-order valence-corrected chi connectivity index (χ3v) is 23.0. The summed E-state index contributed by atoms with van der Waals surface area (Å²) in [5.41, 5.74) is 9.94. The predicted molar refractivity (Wildman–Crippen MR) is 322 cm³/mol. The van der Waals surface area contributed by atoms with Gasteiger partial charge in [-0.2, -0.15) is 0 Å². The molecule has 0 bridgehead atoms. The van der Waals surface area contributed by atoms with Crippen molar-refractivity contribution < 1.29 is 0 Å². The van der Waals surface area contributed by atoms with Crippen LogP contribution >= 0.6 is 23.5 Å². The van der Waals surface area contributed by atoms with Gasteiger partial charge in [-0.05, 0) is 0 Å². The SMILES string of the molecule is Cc1ccc2c(N3c4ccccc4Sc4cc5c(cc43)[se]c3c4ccccc4c4ccccc4c53)c3cc(C)ccc3c(N3c4ccccc4Sc4cc5c(cc43)[se]c3c4ccccc4c4ccccc4c53)c2c1. The van der Waals surface area contributed by atoms with Crippen LogP contribution in [0.5, 0.6) is 0 Å². The van der Waals surface area contributed by atoms with Gasteiger partial charge in [-0.15, -0.1) is 0 Å². The van der Waals surface area contributed by atoms with Crippen molar-refractivity contribution in [1.29, 1.82) is 0 Å². The first-order valence-corrected chi connectivity index (χ1v) is 30.3. The van der Waals surface area contributed by atoms with Crippen molar-refractivity contribution in [3.05, 3.63) is 217 Å². The van der Waals surface area contributed by atoms with Gasteiger partial charge in [0.15, 0.2) is 0 Å². The van der Waals surface area contributed by atoms with Crippen LogP contribution in [-0.4, -0.2) is 29.0 Å². The summed E-state index contributed by atoms with van der Waals surface area (Å²) in [4.78, 5) is 10.4. The molecule has 0 amide bonds. The molecule has 13 aromatic carbocycles. The van der Waals surface area contributed by atoms with Gasteiger partial charge in [0.05, 0.1) is 0 Å². The van der Waals surface area contributed by atoms with E-state index in [1.54, 1.807) is 0 Å². The normalized spacial score (nSPS) is 13.4. The average Bonchev–Trinajstić information content (AvgIpc) is 4.01. The molecule has 17 rings (SSSR count). The maximum absolute atomic E-state index is 2.65. The number of anilines is 6. The molecule has 0 atom stereocenters. The minimum absolute atomic E-state index is 0.119. The number of benzene rings is 13. The van der Waals surface area contributed by atoms with E-state index in [4.69, 9.17) is 0 Å². The van der Waals surface area contributed by atoms with Crippen molar-refractivity contribution in [2.45, 2.75) is 33.4 Å². The zero-order valence-electron chi connectivity index (χ0n) is 40.2. The van der Waals surface area contributed by atoms with E-state index in [-0.39, 0.29) is 29.0 Å². The fourth-order valence-corrected chi connectivity index (χ4v) is 20.2. The van der Waals surface area contributed by atoms with E-state index in [2.05, 4.69) is 230 Å². The van der Waals surface area contributed by atoms with Crippen molar-refractivity contribution in [1.82, 2.24) is 0 Å². The summed E-state index contributed by atoms with van der Waals surface area (Å²) < 4.78 is 5.90. The minimum atomic E-state index is 0.119. The van der Waals surface area contributed by atoms with Gasteiger partial charge in [-0.3, -0.25) is 0 Å². The molecule has 0 N–H and O–H groups in total. The van der Waals surface area contributed by atoms with Crippen LogP contribution in [0.4, 0.5) is 34.1 Å². The van der Waals surface area contributed by atoms with E-state index in [9.17, 15) is 0 Å². The molecule has 2 aromatic heterocycles. The van der Waals surface area contributed by atoms with Crippen molar-refractivity contribution in [2.24, 2.45) is 0 Å². The summed E-state index contributed by atoms with van der Waals surface area (Å²) in [7, 11) is 0. The zero-order valence-corrected chi connectivity index (χ0v) is 45.2. The molecule has 0 unspecified atom stereocenters. The van der Waals surface area contributed by atoms with Gasteiger partial charge < -0.3 is 0 Å². The fraction of sp³-hybridized carbons (Fsp3) is 0.0294. The molecular formula is C68H40N2S2Se2. The molecule has 4 heterocycles. The Morgan fingerprint density at radius 2 is 0.649 bits per heavy atom. The molecule has 0 fully saturated rings. The molecule has 2 aliphatic rings. The number of nitrogens with zero attached hydrogens (tertiary/aromatic N) is 2. The summed E-state index contributed by atoms with van der Waals surface area (Å²) in [6.07, 6.45) is 0. The second-order valence-electron chi connectivity index (χ2n) is 20.0. The molecule has 15 aromatic rings. The van der Waals surface area contributed by atoms with Crippen LogP contribution in [0.3, 0.4) is 0 Å². The number of hydrogen-bond acceptors (Lipinski definition) is 4. The molecule has 346 valence electrons. The second-order valence-corrected chi connectivity index (χ2v) is 26.6. The number of aryl methyl sites for hydroxylation is 2. The van der Waals surface area contributed by atoms with Crippen LogP contribution in [0.1, 0.15) is 11.1 Å². The molecule has 0 spiro atoms. The van der Waals surface area contributed by atoms with E-state index in [0.29, 0.717) is 0 Å². The molecule has 0 saturated heterocycles. The maximum atomic E-state index is 2.65. The number of para-hydroxylation sites is 2. The van der Waals surface area contributed by atoms with Crippen molar-refractivity contribution in [2.75, 3.05) is 9.80 Å². The topological polar surface area (TPSA) is 6.48 Å². The first-order valence-electron chi connectivity index (χ1n) is 25.2. The second kappa shape index (κ2) is 15.6. The molecule has 6 heteroatoms. The van der Waals surface area contributed by atoms with Gasteiger partial charge in [0.2, 0.25) is 0 Å². The van der Waals surface area contributed by atoms with Crippen molar-refractivity contribution >= 4 is 190 Å². The van der Waals surface area contributed by atoms with Gasteiger partial charge in [-0.1, -0.05) is 0 Å². The molecule has 0 radical (unpaired) electrons. The quantitative estimate of drug-likeness (QED) is 0.0966. The van der Waals surface area contributed by atoms with E-state index < -0.39 is 0 Å². The van der Waals surface area contributed by atoms with E-state index in [1.807, 2.05) is 23.5 Å². The molecule has 2 aliphatic heterocycles. The van der Waals surface area contributed by atoms with Crippen LogP contribution in [0.2, 0.25) is 0 Å². The van der Waals surface area contributed by atoms with Crippen molar-refractivity contribution in [3.8, 4) is 0 Å². The number of fused-ring (bicyclic) bond motifs is 22. The Morgan fingerprint density at radius 1 is 0.284 bits per heavy atom.